The van der Waals surface area contributed by atoms with Crippen LogP contribution in [0.2, 0.25) is 52.4 Å². The Morgan fingerprint density at radius 2 is 1.23 bits per heavy atom. The molecule has 0 spiro atoms. The highest BCUT2D eigenvalue weighted by molar-refractivity contribution is 6.94. The molecule has 1 aromatic carbocycles. The summed E-state index contributed by atoms with van der Waals surface area (Å²) in [5, 5.41) is 1.03. The summed E-state index contributed by atoms with van der Waals surface area (Å²) >= 11 is 0. The molecule has 1 N–H and O–H groups in total. The van der Waals surface area contributed by atoms with Crippen LogP contribution in [-0.4, -0.2) is 38.8 Å². The molecule has 8 heteroatoms. The largest absolute Gasteiger partial charge is 0.437 e. The quantitative estimate of drug-likeness (QED) is 0.744. The second-order valence-electron chi connectivity index (χ2n) is 7.58. The van der Waals surface area contributed by atoms with Crippen molar-refractivity contribution in [3.05, 3.63) is 30.3 Å². The lowest BCUT2D eigenvalue weighted by Gasteiger charge is -2.40. The van der Waals surface area contributed by atoms with Gasteiger partial charge in [-0.1, -0.05) is 30.3 Å². The monoisotopic (exact) mass is 374 g/mol. The van der Waals surface area contributed by atoms with E-state index < -0.39 is 34.0 Å². The lowest BCUT2D eigenvalue weighted by Crippen LogP contribution is -2.63. The van der Waals surface area contributed by atoms with Gasteiger partial charge in [0, 0.05) is 0 Å². The predicted octanol–water partition coefficient (Wildman–Crippen LogP) is 3.25. The van der Waals surface area contributed by atoms with Crippen LogP contribution in [0.25, 0.3) is 0 Å². The highest BCUT2D eigenvalue weighted by Crippen LogP contribution is 2.23. The molecule has 126 valence electrons. The Morgan fingerprint density at radius 1 is 0.727 bits per heavy atom. The van der Waals surface area contributed by atoms with Crippen LogP contribution in [0.4, 0.5) is 0 Å². The van der Waals surface area contributed by atoms with E-state index in [-0.39, 0.29) is 0 Å². The third kappa shape index (κ3) is 7.00. The summed E-state index contributed by atoms with van der Waals surface area (Å²) in [7, 11) is -9.49. The molecular weight excluding hydrogens is 344 g/mol. The van der Waals surface area contributed by atoms with Gasteiger partial charge in [0.1, 0.15) is 0 Å². The summed E-state index contributed by atoms with van der Waals surface area (Å²) < 4.78 is 19.0. The molecule has 1 unspecified atom stereocenters. The lowest BCUT2D eigenvalue weighted by atomic mass is 10.4. The Hall–Kier alpha value is -0.0725. The van der Waals surface area contributed by atoms with Crippen LogP contribution in [0.1, 0.15) is 0 Å². The molecule has 22 heavy (non-hydrogen) atoms. The molecular formula is C14H30O4Si4. The smallest absolute Gasteiger partial charge is 0.351 e. The van der Waals surface area contributed by atoms with E-state index >= 15 is 0 Å². The molecule has 0 saturated carbocycles. The van der Waals surface area contributed by atoms with Crippen LogP contribution in [0, 0.1) is 0 Å². The van der Waals surface area contributed by atoms with Crippen molar-refractivity contribution in [1.29, 1.82) is 0 Å². The maximum Gasteiger partial charge on any atom is 0.351 e. The van der Waals surface area contributed by atoms with E-state index in [4.69, 9.17) is 12.3 Å². The molecule has 0 aliphatic rings. The Morgan fingerprint density at radius 3 is 1.64 bits per heavy atom. The zero-order valence-electron chi connectivity index (χ0n) is 15.1. The van der Waals surface area contributed by atoms with Crippen molar-refractivity contribution in [2.24, 2.45) is 0 Å². The van der Waals surface area contributed by atoms with Crippen molar-refractivity contribution >= 4 is 39.2 Å². The van der Waals surface area contributed by atoms with Gasteiger partial charge in [-0.3, -0.25) is 0 Å². The average Bonchev–Trinajstić information content (AvgIpc) is 2.22. The van der Waals surface area contributed by atoms with E-state index in [1.54, 1.807) is 13.1 Å². The van der Waals surface area contributed by atoms with Crippen molar-refractivity contribution in [2.45, 2.75) is 52.4 Å². The van der Waals surface area contributed by atoms with Gasteiger partial charge < -0.3 is 17.1 Å². The van der Waals surface area contributed by atoms with Gasteiger partial charge in [-0.15, -0.1) is 0 Å². The predicted molar refractivity (Wildman–Crippen MR) is 101 cm³/mol. The van der Waals surface area contributed by atoms with E-state index in [1.165, 1.54) is 0 Å². The number of benzene rings is 1. The first-order chi connectivity index (χ1) is 9.73. The zero-order chi connectivity index (χ0) is 17.2. The van der Waals surface area contributed by atoms with Gasteiger partial charge in [-0.25, -0.2) is 0 Å². The number of hydrogen-bond acceptors (Lipinski definition) is 4. The molecule has 0 aliphatic carbocycles. The fourth-order valence-electron chi connectivity index (χ4n) is 2.58. The van der Waals surface area contributed by atoms with Crippen LogP contribution in [0.15, 0.2) is 30.3 Å². The van der Waals surface area contributed by atoms with Gasteiger partial charge >= 0.3 is 25.7 Å². The summed E-state index contributed by atoms with van der Waals surface area (Å²) in [6.45, 7) is 16.2. The van der Waals surface area contributed by atoms with Crippen molar-refractivity contribution < 1.29 is 17.1 Å². The van der Waals surface area contributed by atoms with Gasteiger partial charge in [0.15, 0.2) is 8.32 Å². The maximum absolute atomic E-state index is 10.3. The standard InChI is InChI=1S/C14H30O4Si4/c1-19(2,3)16-21(6,7)18-22(8,17-20(4,5)15)14-12-10-9-11-13-14/h9-13,15H,1-8H3. The van der Waals surface area contributed by atoms with E-state index in [1.807, 2.05) is 36.9 Å². The fraction of sp³-hybridized carbons (Fsp3) is 0.571. The zero-order valence-corrected chi connectivity index (χ0v) is 19.1. The molecule has 0 saturated heterocycles. The van der Waals surface area contributed by atoms with Gasteiger partial charge in [0.25, 0.3) is 0 Å². The van der Waals surface area contributed by atoms with Crippen molar-refractivity contribution in [1.82, 2.24) is 0 Å². The first-order valence-electron chi connectivity index (χ1n) is 7.61. The minimum absolute atomic E-state index is 1.03. The molecule has 0 heterocycles. The van der Waals surface area contributed by atoms with Gasteiger partial charge in [0.05, 0.1) is 0 Å². The molecule has 0 fully saturated rings. The molecule has 0 aliphatic heterocycles. The molecule has 4 nitrogen and oxygen atoms in total. The fourth-order valence-corrected chi connectivity index (χ4v) is 18.9. The second-order valence-corrected chi connectivity index (χ2v) is 22.4. The molecule has 0 radical (unpaired) electrons. The van der Waals surface area contributed by atoms with Crippen molar-refractivity contribution in [3.8, 4) is 0 Å². The van der Waals surface area contributed by atoms with Crippen LogP contribution >= 0.6 is 0 Å². The van der Waals surface area contributed by atoms with E-state index in [0.29, 0.717) is 0 Å². The molecule has 1 atom stereocenters. The van der Waals surface area contributed by atoms with Crippen LogP contribution in [0.3, 0.4) is 0 Å². The summed E-state index contributed by atoms with van der Waals surface area (Å²) in [5.74, 6) is 0. The molecule has 1 aromatic rings. The topological polar surface area (TPSA) is 47.9 Å². The van der Waals surface area contributed by atoms with Crippen molar-refractivity contribution in [2.75, 3.05) is 0 Å². The lowest BCUT2D eigenvalue weighted by molar-refractivity contribution is 0.302. The third-order valence-corrected chi connectivity index (χ3v) is 15.6. The Labute approximate surface area is 139 Å². The molecule has 0 aromatic heterocycles. The SMILES string of the molecule is C[Si](C)(C)O[Si](C)(C)O[Si](C)(O[Si](C)(C)O)c1ccccc1. The van der Waals surface area contributed by atoms with Crippen LogP contribution in [0.5, 0.6) is 0 Å². The van der Waals surface area contributed by atoms with E-state index in [0.717, 1.165) is 5.19 Å². The highest BCUT2D eigenvalue weighted by Gasteiger charge is 2.46. The first-order valence-corrected chi connectivity index (χ1v) is 19.0. The number of hydrogen-bond donors (Lipinski definition) is 1. The minimum atomic E-state index is -2.73. The second kappa shape index (κ2) is 6.81. The third-order valence-electron chi connectivity index (χ3n) is 2.74. The normalized spacial score (nSPS) is 16.4. The average molecular weight is 375 g/mol. The molecule has 1 rings (SSSR count). The Kier molecular flexibility index (Phi) is 6.18. The van der Waals surface area contributed by atoms with Gasteiger partial charge in [0.2, 0.25) is 0 Å². The highest BCUT2D eigenvalue weighted by atomic mass is 28.5. The van der Waals surface area contributed by atoms with Crippen molar-refractivity contribution in [3.63, 3.8) is 0 Å². The van der Waals surface area contributed by atoms with E-state index in [9.17, 15) is 4.80 Å². The Balaban J connectivity index is 3.12. The van der Waals surface area contributed by atoms with Crippen LogP contribution < -0.4 is 5.19 Å². The summed E-state index contributed by atoms with van der Waals surface area (Å²) in [5.41, 5.74) is 0. The maximum atomic E-state index is 10.3. The molecule has 0 bridgehead atoms. The summed E-state index contributed by atoms with van der Waals surface area (Å²) in [6.07, 6.45) is 0. The minimum Gasteiger partial charge on any atom is -0.437 e. The van der Waals surface area contributed by atoms with Crippen LogP contribution in [-0.2, 0) is 12.3 Å². The summed E-state index contributed by atoms with van der Waals surface area (Å²) in [4.78, 5) is 10.3. The van der Waals surface area contributed by atoms with E-state index in [2.05, 4.69) is 32.7 Å². The van der Waals surface area contributed by atoms with Gasteiger partial charge in [-0.2, -0.15) is 0 Å². The van der Waals surface area contributed by atoms with Gasteiger partial charge in [-0.05, 0) is 57.6 Å². The number of rotatable bonds is 7. The first kappa shape index (κ1) is 20.0. The molecule has 0 amide bonds. The summed E-state index contributed by atoms with van der Waals surface area (Å²) in [6, 6.07) is 9.97. The Bertz CT molecular complexity index is 482.